The standard InChI is InChI=1S/C51H82O11/c1-31-18-12-10-13-19-32(2)43(59-8)29-39-25-24-37(7)51(58,62-39)49(56)47(55)40-22-16-17-23-41(40)50(57)61-44(34(4)28-38-20-14-11-15-21-38)30-42(52)33(3)27-36(6)46(54)48(60-9)45(53)35(5)26-31/h10,13,19,31,33-41,43-44,46,48,54,58H,11-12,14-18,20-30H2,1-9H3. The van der Waals surface area contributed by atoms with Gasteiger partial charge in [0.1, 0.15) is 18.0 Å². The Balaban J connectivity index is 1.65. The number of carbonyl (C=O) groups excluding carboxylic acids is 5. The summed E-state index contributed by atoms with van der Waals surface area (Å²) >= 11 is 0. The minimum absolute atomic E-state index is 0.0196. The first-order valence-electron chi connectivity index (χ1n) is 24.2. The number of esters is 1. The monoisotopic (exact) mass is 871 g/mol. The van der Waals surface area contributed by atoms with Crippen molar-refractivity contribution in [2.45, 2.75) is 200 Å². The van der Waals surface area contributed by atoms with Gasteiger partial charge in [-0.3, -0.25) is 24.0 Å². The first-order chi connectivity index (χ1) is 29.4. The van der Waals surface area contributed by atoms with Crippen molar-refractivity contribution in [3.05, 3.63) is 23.8 Å². The number of methoxy groups -OCH3 is 2. The Bertz CT molecular complexity index is 1550. The Hall–Kier alpha value is -2.57. The maximum Gasteiger partial charge on any atom is 0.309 e. The maximum absolute atomic E-state index is 14.3. The zero-order valence-electron chi connectivity index (χ0n) is 39.6. The molecule has 3 fully saturated rings. The molecule has 2 aliphatic carbocycles. The lowest BCUT2D eigenvalue weighted by atomic mass is 9.73. The van der Waals surface area contributed by atoms with Gasteiger partial charge in [-0.05, 0) is 94.0 Å². The largest absolute Gasteiger partial charge is 0.461 e. The Morgan fingerprint density at radius 3 is 2.13 bits per heavy atom. The quantitative estimate of drug-likeness (QED) is 0.200. The van der Waals surface area contributed by atoms with Crippen LogP contribution in [-0.4, -0.2) is 89.8 Å². The highest BCUT2D eigenvalue weighted by molar-refractivity contribution is 6.41. The average Bonchev–Trinajstić information content (AvgIpc) is 3.25. The van der Waals surface area contributed by atoms with E-state index in [1.54, 1.807) is 14.0 Å². The number of hydrogen-bond donors (Lipinski definition) is 2. The van der Waals surface area contributed by atoms with Gasteiger partial charge in [-0.15, -0.1) is 0 Å². The van der Waals surface area contributed by atoms with Crippen LogP contribution in [0.25, 0.3) is 0 Å². The van der Waals surface area contributed by atoms with Crippen LogP contribution in [-0.2, 0) is 42.9 Å². The summed E-state index contributed by atoms with van der Waals surface area (Å²) in [6.07, 6.45) is 14.8. The van der Waals surface area contributed by atoms with Crippen molar-refractivity contribution in [2.75, 3.05) is 14.2 Å². The number of hydrogen-bond acceptors (Lipinski definition) is 11. The van der Waals surface area contributed by atoms with E-state index in [1.165, 1.54) is 13.5 Å². The minimum atomic E-state index is -2.34. The van der Waals surface area contributed by atoms with Crippen molar-refractivity contribution in [3.8, 4) is 0 Å². The van der Waals surface area contributed by atoms with Crippen LogP contribution in [0.15, 0.2) is 23.8 Å². The highest BCUT2D eigenvalue weighted by atomic mass is 16.6. The molecule has 1 saturated heterocycles. The molecule has 62 heavy (non-hydrogen) atoms. The van der Waals surface area contributed by atoms with Gasteiger partial charge in [0.15, 0.2) is 5.78 Å². The van der Waals surface area contributed by atoms with E-state index in [-0.39, 0.29) is 41.8 Å². The van der Waals surface area contributed by atoms with Crippen molar-refractivity contribution in [1.29, 1.82) is 0 Å². The Morgan fingerprint density at radius 1 is 0.806 bits per heavy atom. The van der Waals surface area contributed by atoms with E-state index in [4.69, 9.17) is 18.9 Å². The predicted octanol–water partition coefficient (Wildman–Crippen LogP) is 8.88. The van der Waals surface area contributed by atoms with E-state index < -0.39 is 77.3 Å². The van der Waals surface area contributed by atoms with E-state index in [0.717, 1.165) is 50.5 Å². The molecule has 2 aliphatic heterocycles. The molecule has 11 nitrogen and oxygen atoms in total. The molecule has 2 N–H and O–H groups in total. The average molecular weight is 871 g/mol. The molecule has 14 unspecified atom stereocenters. The third-order valence-electron chi connectivity index (χ3n) is 15.2. The number of cyclic esters (lactones) is 1. The number of ketones is 4. The Labute approximate surface area is 372 Å². The van der Waals surface area contributed by atoms with Gasteiger partial charge in [0.05, 0.1) is 24.2 Å². The van der Waals surface area contributed by atoms with Crippen LogP contribution in [0, 0.1) is 53.3 Å². The fourth-order valence-electron chi connectivity index (χ4n) is 10.9. The van der Waals surface area contributed by atoms with Gasteiger partial charge in [-0.2, -0.15) is 0 Å². The van der Waals surface area contributed by atoms with E-state index in [2.05, 4.69) is 13.0 Å². The van der Waals surface area contributed by atoms with Crippen LogP contribution < -0.4 is 0 Å². The predicted molar refractivity (Wildman–Crippen MR) is 239 cm³/mol. The van der Waals surface area contributed by atoms with E-state index in [9.17, 15) is 34.2 Å². The van der Waals surface area contributed by atoms with Gasteiger partial charge in [-0.1, -0.05) is 105 Å². The third-order valence-corrected chi connectivity index (χ3v) is 15.2. The molecular weight excluding hydrogens is 789 g/mol. The lowest BCUT2D eigenvalue weighted by molar-refractivity contribution is -0.265. The molecule has 0 aromatic rings. The molecule has 0 spiro atoms. The highest BCUT2D eigenvalue weighted by Crippen LogP contribution is 2.40. The minimum Gasteiger partial charge on any atom is -0.461 e. The van der Waals surface area contributed by atoms with E-state index in [0.29, 0.717) is 63.7 Å². The number of carbonyl (C=O) groups is 5. The van der Waals surface area contributed by atoms with Gasteiger partial charge >= 0.3 is 5.97 Å². The molecule has 4 aliphatic rings. The molecule has 0 radical (unpaired) electrons. The molecule has 2 saturated carbocycles. The number of ether oxygens (including phenoxy) is 4. The molecule has 4 rings (SSSR count). The zero-order chi connectivity index (χ0) is 45.7. The summed E-state index contributed by atoms with van der Waals surface area (Å²) in [5.74, 6) is -8.22. The van der Waals surface area contributed by atoms with Crippen molar-refractivity contribution < 1.29 is 53.1 Å². The van der Waals surface area contributed by atoms with Crippen LogP contribution in [0.1, 0.15) is 164 Å². The van der Waals surface area contributed by atoms with Gasteiger partial charge < -0.3 is 29.2 Å². The molecule has 352 valence electrons. The molecule has 2 bridgehead atoms. The highest BCUT2D eigenvalue weighted by Gasteiger charge is 2.53. The van der Waals surface area contributed by atoms with Crippen molar-refractivity contribution in [1.82, 2.24) is 0 Å². The summed E-state index contributed by atoms with van der Waals surface area (Å²) < 4.78 is 24.0. The van der Waals surface area contributed by atoms with Crippen LogP contribution in [0.5, 0.6) is 0 Å². The third kappa shape index (κ3) is 14.0. The molecule has 14 atom stereocenters. The molecule has 11 heteroatoms. The van der Waals surface area contributed by atoms with Gasteiger partial charge in [0.2, 0.25) is 11.6 Å². The van der Waals surface area contributed by atoms with Crippen molar-refractivity contribution >= 4 is 29.1 Å². The summed E-state index contributed by atoms with van der Waals surface area (Å²) in [4.78, 5) is 70.6. The van der Waals surface area contributed by atoms with Crippen molar-refractivity contribution in [2.24, 2.45) is 53.3 Å². The van der Waals surface area contributed by atoms with Gasteiger partial charge in [0, 0.05) is 50.7 Å². The molecule has 2 heterocycles. The summed E-state index contributed by atoms with van der Waals surface area (Å²) in [5.41, 5.74) is 0.942. The lowest BCUT2D eigenvalue weighted by Gasteiger charge is -2.42. The number of Topliss-reactive ketones (excluding diaryl/α,β-unsaturated/α-hetero) is 4. The fraction of sp³-hybridized carbons (Fsp3) is 0.824. The lowest BCUT2D eigenvalue weighted by Crippen LogP contribution is -2.57. The number of aliphatic hydroxyl groups excluding tert-OH is 1. The molecule has 0 aromatic carbocycles. The number of fused-ring (bicyclic) bond motifs is 3. The second kappa shape index (κ2) is 24.6. The first-order valence-corrected chi connectivity index (χ1v) is 24.2. The van der Waals surface area contributed by atoms with Gasteiger partial charge in [0.25, 0.3) is 5.78 Å². The van der Waals surface area contributed by atoms with Crippen LogP contribution in [0.3, 0.4) is 0 Å². The fourth-order valence-corrected chi connectivity index (χ4v) is 10.9. The van der Waals surface area contributed by atoms with Crippen LogP contribution in [0.2, 0.25) is 0 Å². The molecule has 0 amide bonds. The summed E-state index contributed by atoms with van der Waals surface area (Å²) in [6.45, 7) is 13.4. The summed E-state index contributed by atoms with van der Waals surface area (Å²) in [7, 11) is 3.05. The van der Waals surface area contributed by atoms with Crippen LogP contribution in [0.4, 0.5) is 0 Å². The maximum atomic E-state index is 14.3. The SMILES string of the molecule is COC1CC2CCC(C)C(O)(O2)C(=O)C(=O)C2CCCCC2C(=O)OC(C(C)CC2CCCCC2)CC(=O)C(C)CC(C)C(O)C(OC)C(=O)C(C)CC(C)CCC=CC=C1C. The first kappa shape index (κ1) is 52.1. The normalized spacial score (nSPS) is 38.5. The van der Waals surface area contributed by atoms with Crippen molar-refractivity contribution in [3.63, 3.8) is 0 Å². The Morgan fingerprint density at radius 2 is 1.47 bits per heavy atom. The van der Waals surface area contributed by atoms with E-state index in [1.807, 2.05) is 46.8 Å². The van der Waals surface area contributed by atoms with E-state index >= 15 is 0 Å². The number of allylic oxidation sites excluding steroid dienone is 3. The molecular formula is C51H82O11. The summed E-state index contributed by atoms with van der Waals surface area (Å²) in [6, 6.07) is 0. The smallest absolute Gasteiger partial charge is 0.309 e. The molecule has 0 aromatic heterocycles. The second-order valence-corrected chi connectivity index (χ2v) is 20.2. The van der Waals surface area contributed by atoms with Gasteiger partial charge in [-0.25, -0.2) is 0 Å². The second-order valence-electron chi connectivity index (χ2n) is 20.2. The zero-order valence-corrected chi connectivity index (χ0v) is 39.6. The topological polar surface area (TPSA) is 163 Å². The number of aliphatic hydroxyl groups is 2. The summed E-state index contributed by atoms with van der Waals surface area (Å²) in [5, 5.41) is 23.4. The van der Waals surface area contributed by atoms with Crippen LogP contribution >= 0.6 is 0 Å². The number of rotatable bonds is 5. The Kier molecular flexibility index (Phi) is 20.7.